The van der Waals surface area contributed by atoms with Crippen LogP contribution in [0.15, 0.2) is 28.4 Å². The third kappa shape index (κ3) is 3.18. The van der Waals surface area contributed by atoms with Gasteiger partial charge in [-0.1, -0.05) is 6.92 Å². The maximum Gasteiger partial charge on any atom is 0.0947 e. The summed E-state index contributed by atoms with van der Waals surface area (Å²) >= 11 is 1.75. The van der Waals surface area contributed by atoms with Crippen LogP contribution in [-0.2, 0) is 19.4 Å². The quantitative estimate of drug-likeness (QED) is 0.783. The number of aryl methyl sites for hydroxylation is 1. The molecule has 0 atom stereocenters. The van der Waals surface area contributed by atoms with Gasteiger partial charge in [-0.2, -0.15) is 0 Å². The molecule has 3 nitrogen and oxygen atoms in total. The molecular weight excluding hydrogens is 220 g/mol. The molecule has 0 aliphatic carbocycles. The Kier molecular flexibility index (Phi) is 4.13. The number of rotatable bonds is 6. The van der Waals surface area contributed by atoms with E-state index >= 15 is 0 Å². The van der Waals surface area contributed by atoms with E-state index in [0.717, 1.165) is 25.9 Å². The van der Waals surface area contributed by atoms with Crippen LogP contribution in [0, 0.1) is 0 Å². The minimum atomic E-state index is 0.862. The van der Waals surface area contributed by atoms with Crippen LogP contribution >= 0.6 is 11.3 Å². The Labute approximate surface area is 99.5 Å². The van der Waals surface area contributed by atoms with E-state index in [-0.39, 0.29) is 0 Å². The highest BCUT2D eigenvalue weighted by molar-refractivity contribution is 7.09. The van der Waals surface area contributed by atoms with Gasteiger partial charge < -0.3 is 9.73 Å². The normalized spacial score (nSPS) is 10.8. The molecule has 0 saturated carbocycles. The summed E-state index contributed by atoms with van der Waals surface area (Å²) in [6, 6.07) is 1.98. The first-order chi connectivity index (χ1) is 7.88. The largest absolute Gasteiger partial charge is 0.472 e. The number of nitrogens with one attached hydrogen (secondary N) is 1. The molecule has 2 aromatic rings. The lowest BCUT2D eigenvalue weighted by atomic mass is 10.3. The second-order valence-corrected chi connectivity index (χ2v) is 4.59. The molecule has 0 spiro atoms. The van der Waals surface area contributed by atoms with Gasteiger partial charge in [0.25, 0.3) is 0 Å². The summed E-state index contributed by atoms with van der Waals surface area (Å²) in [5.74, 6) is 0. The molecule has 0 fully saturated rings. The number of aromatic nitrogens is 1. The van der Waals surface area contributed by atoms with E-state index in [4.69, 9.17) is 4.42 Å². The summed E-state index contributed by atoms with van der Waals surface area (Å²) in [6.07, 6.45) is 5.50. The molecule has 0 amide bonds. The minimum Gasteiger partial charge on any atom is -0.472 e. The zero-order chi connectivity index (χ0) is 11.2. The van der Waals surface area contributed by atoms with E-state index in [0.29, 0.717) is 0 Å². The SMILES string of the molecule is CCc1nc(CCNCc2ccoc2)cs1. The van der Waals surface area contributed by atoms with Crippen LogP contribution in [0.5, 0.6) is 0 Å². The molecule has 0 aliphatic heterocycles. The monoisotopic (exact) mass is 236 g/mol. The molecule has 4 heteroatoms. The summed E-state index contributed by atoms with van der Waals surface area (Å²) in [5.41, 5.74) is 2.38. The van der Waals surface area contributed by atoms with Crippen LogP contribution in [0.2, 0.25) is 0 Å². The van der Waals surface area contributed by atoms with E-state index in [2.05, 4.69) is 22.6 Å². The molecule has 2 aromatic heterocycles. The van der Waals surface area contributed by atoms with Crippen molar-refractivity contribution in [3.8, 4) is 0 Å². The van der Waals surface area contributed by atoms with Gasteiger partial charge in [-0.25, -0.2) is 4.98 Å². The fraction of sp³-hybridized carbons (Fsp3) is 0.417. The summed E-state index contributed by atoms with van der Waals surface area (Å²) < 4.78 is 5.00. The highest BCUT2D eigenvalue weighted by Gasteiger charge is 2.00. The van der Waals surface area contributed by atoms with Crippen molar-refractivity contribution in [2.45, 2.75) is 26.3 Å². The maximum absolute atomic E-state index is 5.00. The van der Waals surface area contributed by atoms with Gasteiger partial charge in [0.1, 0.15) is 0 Å². The molecule has 86 valence electrons. The third-order valence-corrected chi connectivity index (χ3v) is 3.41. The van der Waals surface area contributed by atoms with E-state index in [1.54, 1.807) is 23.9 Å². The number of hydrogen-bond donors (Lipinski definition) is 1. The molecule has 16 heavy (non-hydrogen) atoms. The maximum atomic E-state index is 5.00. The van der Waals surface area contributed by atoms with E-state index < -0.39 is 0 Å². The Morgan fingerprint density at radius 3 is 3.12 bits per heavy atom. The third-order valence-electron chi connectivity index (χ3n) is 2.37. The first-order valence-corrected chi connectivity index (χ1v) is 6.41. The van der Waals surface area contributed by atoms with Gasteiger partial charge in [0.05, 0.1) is 23.2 Å². The average molecular weight is 236 g/mol. The second-order valence-electron chi connectivity index (χ2n) is 3.64. The zero-order valence-corrected chi connectivity index (χ0v) is 10.2. The summed E-state index contributed by atoms with van der Waals surface area (Å²) in [5, 5.41) is 6.75. The molecule has 0 bridgehead atoms. The fourth-order valence-corrected chi connectivity index (χ4v) is 2.25. The van der Waals surface area contributed by atoms with Crippen molar-refractivity contribution in [3.63, 3.8) is 0 Å². The first-order valence-electron chi connectivity index (χ1n) is 5.53. The first kappa shape index (κ1) is 11.4. The van der Waals surface area contributed by atoms with Gasteiger partial charge in [-0.05, 0) is 12.5 Å². The van der Waals surface area contributed by atoms with Crippen molar-refractivity contribution < 1.29 is 4.42 Å². The molecule has 0 unspecified atom stereocenters. The van der Waals surface area contributed by atoms with Crippen molar-refractivity contribution in [3.05, 3.63) is 40.2 Å². The summed E-state index contributed by atoms with van der Waals surface area (Å²) in [6.45, 7) is 3.96. The Hall–Kier alpha value is -1.13. The van der Waals surface area contributed by atoms with E-state index in [9.17, 15) is 0 Å². The molecule has 0 radical (unpaired) electrons. The fourth-order valence-electron chi connectivity index (χ4n) is 1.47. The molecule has 2 heterocycles. The zero-order valence-electron chi connectivity index (χ0n) is 9.40. The van der Waals surface area contributed by atoms with Crippen molar-refractivity contribution >= 4 is 11.3 Å². The van der Waals surface area contributed by atoms with E-state index in [1.807, 2.05) is 6.07 Å². The second kappa shape index (κ2) is 5.82. The van der Waals surface area contributed by atoms with Crippen LogP contribution in [0.25, 0.3) is 0 Å². The van der Waals surface area contributed by atoms with Crippen molar-refractivity contribution in [2.75, 3.05) is 6.54 Å². The molecule has 2 rings (SSSR count). The lowest BCUT2D eigenvalue weighted by Gasteiger charge is -2.00. The lowest BCUT2D eigenvalue weighted by Crippen LogP contribution is -2.16. The van der Waals surface area contributed by atoms with Gasteiger partial charge in [0.15, 0.2) is 0 Å². The van der Waals surface area contributed by atoms with Crippen LogP contribution in [0.4, 0.5) is 0 Å². The lowest BCUT2D eigenvalue weighted by molar-refractivity contribution is 0.560. The van der Waals surface area contributed by atoms with Gasteiger partial charge in [0, 0.05) is 30.5 Å². The van der Waals surface area contributed by atoms with Crippen molar-refractivity contribution in [2.24, 2.45) is 0 Å². The van der Waals surface area contributed by atoms with Crippen LogP contribution in [-0.4, -0.2) is 11.5 Å². The van der Waals surface area contributed by atoms with Gasteiger partial charge in [0.2, 0.25) is 0 Å². The predicted octanol–water partition coefficient (Wildman–Crippen LogP) is 2.63. The van der Waals surface area contributed by atoms with Crippen molar-refractivity contribution in [1.29, 1.82) is 0 Å². The molecule has 0 aromatic carbocycles. The van der Waals surface area contributed by atoms with E-state index in [1.165, 1.54) is 16.3 Å². The van der Waals surface area contributed by atoms with Gasteiger partial charge >= 0.3 is 0 Å². The van der Waals surface area contributed by atoms with Crippen LogP contribution in [0.3, 0.4) is 0 Å². The van der Waals surface area contributed by atoms with Crippen LogP contribution in [0.1, 0.15) is 23.2 Å². The number of furan rings is 1. The predicted molar refractivity (Wildman–Crippen MR) is 65.6 cm³/mol. The summed E-state index contributed by atoms with van der Waals surface area (Å²) in [4.78, 5) is 4.52. The smallest absolute Gasteiger partial charge is 0.0947 e. The molecule has 0 saturated heterocycles. The number of thiazole rings is 1. The number of nitrogens with zero attached hydrogens (tertiary/aromatic N) is 1. The van der Waals surface area contributed by atoms with Gasteiger partial charge in [-0.15, -0.1) is 11.3 Å². The Morgan fingerprint density at radius 1 is 1.50 bits per heavy atom. The highest BCUT2D eigenvalue weighted by Crippen LogP contribution is 2.10. The van der Waals surface area contributed by atoms with Crippen molar-refractivity contribution in [1.82, 2.24) is 10.3 Å². The number of hydrogen-bond acceptors (Lipinski definition) is 4. The average Bonchev–Trinajstić information content (AvgIpc) is 2.95. The Balaban J connectivity index is 1.68. The standard InChI is InChI=1S/C12H16N2OS/c1-2-12-14-11(9-16-12)3-5-13-7-10-4-6-15-8-10/h4,6,8-9,13H,2-3,5,7H2,1H3. The Bertz CT molecular complexity index is 408. The van der Waals surface area contributed by atoms with Crippen LogP contribution < -0.4 is 5.32 Å². The highest BCUT2D eigenvalue weighted by atomic mass is 32.1. The minimum absolute atomic E-state index is 0.862. The molecular formula is C12H16N2OS. The topological polar surface area (TPSA) is 38.1 Å². The molecule has 0 aliphatic rings. The summed E-state index contributed by atoms with van der Waals surface area (Å²) in [7, 11) is 0. The van der Waals surface area contributed by atoms with Gasteiger partial charge in [-0.3, -0.25) is 0 Å². The Morgan fingerprint density at radius 2 is 2.44 bits per heavy atom. The molecule has 1 N–H and O–H groups in total.